The Bertz CT molecular complexity index is 605. The number of urea groups is 1. The highest BCUT2D eigenvalue weighted by Crippen LogP contribution is 2.38. The average molecular weight is 305 g/mol. The molecule has 8 nitrogen and oxygen atoms in total. The molecule has 1 aromatic rings. The van der Waals surface area contributed by atoms with Gasteiger partial charge in [-0.2, -0.15) is 4.65 Å². The van der Waals surface area contributed by atoms with E-state index in [2.05, 4.69) is 15.6 Å². The van der Waals surface area contributed by atoms with Crippen LogP contribution >= 0.6 is 0 Å². The number of likely N-dealkylation sites (tertiary alicyclic amines) is 1. The van der Waals surface area contributed by atoms with Gasteiger partial charge < -0.3 is 0 Å². The number of nitrogens with one attached hydrogen (secondary N) is 2. The zero-order valence-corrected chi connectivity index (χ0v) is 11.9. The van der Waals surface area contributed by atoms with Gasteiger partial charge in [0.25, 0.3) is 0 Å². The van der Waals surface area contributed by atoms with E-state index < -0.39 is 28.0 Å². The topological polar surface area (TPSA) is 108 Å². The van der Waals surface area contributed by atoms with Gasteiger partial charge in [0, 0.05) is 12.4 Å². The van der Waals surface area contributed by atoms with Gasteiger partial charge >= 0.3 is 23.4 Å². The lowest BCUT2D eigenvalue weighted by atomic mass is 9.83. The molecule has 3 N–H and O–H groups in total. The molecule has 22 heavy (non-hydrogen) atoms. The molecule has 8 heteroatoms. The number of imide groups is 2. The van der Waals surface area contributed by atoms with Crippen LogP contribution in [0.25, 0.3) is 0 Å². The molecule has 0 radical (unpaired) electrons. The third kappa shape index (κ3) is 1.92. The Labute approximate surface area is 126 Å². The summed E-state index contributed by atoms with van der Waals surface area (Å²) < 4.78 is -0.746. The van der Waals surface area contributed by atoms with E-state index in [1.807, 2.05) is 0 Å². The zero-order valence-electron chi connectivity index (χ0n) is 11.9. The molecular formula is C14H17N4O4+. The molecular weight excluding hydrogens is 288 g/mol. The van der Waals surface area contributed by atoms with Gasteiger partial charge in [0.15, 0.2) is 0 Å². The van der Waals surface area contributed by atoms with Crippen LogP contribution < -0.4 is 10.6 Å². The molecule has 3 rings (SSSR count). The smallest absolute Gasteiger partial charge is 0.271 e. The van der Waals surface area contributed by atoms with Crippen molar-refractivity contribution in [2.24, 2.45) is 0 Å². The number of carbonyl (C=O) groups excluding carboxylic acids is 3. The van der Waals surface area contributed by atoms with Crippen molar-refractivity contribution >= 4 is 17.8 Å². The molecule has 0 atom stereocenters. The molecule has 0 bridgehead atoms. The predicted molar refractivity (Wildman–Crippen MR) is 73.2 cm³/mol. The number of nitrogens with zero attached hydrogens (tertiary/aromatic N) is 2. The summed E-state index contributed by atoms with van der Waals surface area (Å²) in [5.41, 5.74) is -1.65. The molecule has 3 heterocycles. The number of hydroxylamine groups is 3. The lowest BCUT2D eigenvalue weighted by Crippen LogP contribution is -2.77. The summed E-state index contributed by atoms with van der Waals surface area (Å²) in [6.07, 6.45) is 5.19. The molecule has 0 aromatic carbocycles. The van der Waals surface area contributed by atoms with E-state index in [0.29, 0.717) is 12.8 Å². The van der Waals surface area contributed by atoms with Crippen molar-refractivity contribution in [3.8, 4) is 0 Å². The van der Waals surface area contributed by atoms with Crippen LogP contribution in [0, 0.1) is 0 Å². The van der Waals surface area contributed by atoms with E-state index in [-0.39, 0.29) is 18.7 Å². The Morgan fingerprint density at radius 2 is 1.73 bits per heavy atom. The van der Waals surface area contributed by atoms with Gasteiger partial charge in [0.1, 0.15) is 13.1 Å². The van der Waals surface area contributed by atoms with Crippen molar-refractivity contribution in [2.75, 3.05) is 13.1 Å². The normalized spacial score (nSPS) is 23.6. The van der Waals surface area contributed by atoms with Crippen LogP contribution in [0.2, 0.25) is 0 Å². The number of hydrogen-bond acceptors (Lipinski definition) is 5. The van der Waals surface area contributed by atoms with Crippen molar-refractivity contribution in [2.45, 2.75) is 24.8 Å². The van der Waals surface area contributed by atoms with Crippen molar-refractivity contribution in [1.29, 1.82) is 0 Å². The number of amides is 4. The zero-order chi connectivity index (χ0) is 15.8. The SMILES string of the molecule is O=C1NC(=O)C(c2cccnc2)([N+]2(O)CCCCC2)C(=O)N1. The number of carbonyl (C=O) groups is 3. The van der Waals surface area contributed by atoms with Crippen LogP contribution in [0.1, 0.15) is 24.8 Å². The maximum atomic E-state index is 12.6. The second-order valence-electron chi connectivity index (χ2n) is 5.62. The minimum atomic E-state index is -1.91. The van der Waals surface area contributed by atoms with Gasteiger partial charge in [-0.05, 0) is 31.4 Å². The lowest BCUT2D eigenvalue weighted by molar-refractivity contribution is -1.13. The van der Waals surface area contributed by atoms with Crippen molar-refractivity contribution in [3.63, 3.8) is 0 Å². The standard InChI is InChI=1S/C14H16N4O4/c19-11-14(10-5-4-6-15-9-10,12(20)17-13(21)16-11)18(22)7-2-1-3-8-18/h4-6,9,22H,1-3,7-8H2,(H-,16,17,19,20,21)/p+1. The van der Waals surface area contributed by atoms with Crippen LogP contribution in [0.4, 0.5) is 4.79 Å². The first kappa shape index (κ1) is 14.6. The summed E-state index contributed by atoms with van der Waals surface area (Å²) in [5.74, 6) is -1.64. The summed E-state index contributed by atoms with van der Waals surface area (Å²) in [6.45, 7) is 0.508. The van der Waals surface area contributed by atoms with E-state index in [1.54, 1.807) is 12.1 Å². The van der Waals surface area contributed by atoms with E-state index in [4.69, 9.17) is 0 Å². The third-order valence-electron chi connectivity index (χ3n) is 4.37. The predicted octanol–water partition coefficient (Wildman–Crippen LogP) is 0.0328. The average Bonchev–Trinajstić information content (AvgIpc) is 2.48. The van der Waals surface area contributed by atoms with E-state index >= 15 is 0 Å². The summed E-state index contributed by atoms with van der Waals surface area (Å²) in [6, 6.07) is 2.27. The molecule has 2 aliphatic heterocycles. The lowest BCUT2D eigenvalue weighted by Gasteiger charge is -2.47. The Hall–Kier alpha value is -2.32. The molecule has 2 fully saturated rings. The number of piperidine rings is 1. The first-order valence-electron chi connectivity index (χ1n) is 7.18. The Morgan fingerprint density at radius 3 is 2.27 bits per heavy atom. The minimum absolute atomic E-state index is 0.254. The molecule has 116 valence electrons. The van der Waals surface area contributed by atoms with Gasteiger partial charge in [0.05, 0.1) is 5.56 Å². The number of pyridine rings is 1. The Kier molecular flexibility index (Phi) is 3.42. The number of rotatable bonds is 2. The maximum Gasteiger partial charge on any atom is 0.328 e. The van der Waals surface area contributed by atoms with Gasteiger partial charge in [-0.1, -0.05) is 0 Å². The first-order valence-corrected chi connectivity index (χ1v) is 7.18. The maximum absolute atomic E-state index is 12.6. The second-order valence-corrected chi connectivity index (χ2v) is 5.62. The molecule has 4 amide bonds. The van der Waals surface area contributed by atoms with Crippen LogP contribution in [0.3, 0.4) is 0 Å². The summed E-state index contributed by atoms with van der Waals surface area (Å²) in [7, 11) is 0. The van der Waals surface area contributed by atoms with Crippen molar-refractivity contribution in [3.05, 3.63) is 30.1 Å². The summed E-state index contributed by atoms with van der Waals surface area (Å²) in [5, 5.41) is 15.3. The number of aromatic nitrogens is 1. The van der Waals surface area contributed by atoms with Crippen LogP contribution in [-0.4, -0.2) is 45.8 Å². The highest BCUT2D eigenvalue weighted by molar-refractivity contribution is 6.21. The molecule has 0 unspecified atom stereocenters. The van der Waals surface area contributed by atoms with E-state index in [1.165, 1.54) is 12.4 Å². The Balaban J connectivity index is 2.20. The molecule has 2 saturated heterocycles. The van der Waals surface area contributed by atoms with E-state index in [0.717, 1.165) is 6.42 Å². The van der Waals surface area contributed by atoms with Crippen LogP contribution in [0.5, 0.6) is 0 Å². The highest BCUT2D eigenvalue weighted by Gasteiger charge is 2.67. The van der Waals surface area contributed by atoms with Gasteiger partial charge in [-0.25, -0.2) is 10.0 Å². The number of quaternary nitrogens is 1. The summed E-state index contributed by atoms with van der Waals surface area (Å²) in [4.78, 5) is 40.7. The fraction of sp³-hybridized carbons (Fsp3) is 0.429. The van der Waals surface area contributed by atoms with E-state index in [9.17, 15) is 19.6 Å². The first-order chi connectivity index (χ1) is 10.5. The van der Waals surface area contributed by atoms with Crippen molar-refractivity contribution < 1.29 is 24.2 Å². The summed E-state index contributed by atoms with van der Waals surface area (Å²) >= 11 is 0. The van der Waals surface area contributed by atoms with Crippen LogP contribution in [-0.2, 0) is 15.1 Å². The van der Waals surface area contributed by atoms with Crippen molar-refractivity contribution in [1.82, 2.24) is 15.6 Å². The van der Waals surface area contributed by atoms with Crippen LogP contribution in [0.15, 0.2) is 24.5 Å². The molecule has 0 aliphatic carbocycles. The molecule has 1 aromatic heterocycles. The number of barbiturate groups is 1. The van der Waals surface area contributed by atoms with Gasteiger partial charge in [-0.3, -0.25) is 25.2 Å². The fourth-order valence-electron chi connectivity index (χ4n) is 3.35. The quantitative estimate of drug-likeness (QED) is 0.528. The number of hydrogen-bond donors (Lipinski definition) is 3. The molecule has 0 saturated carbocycles. The fourth-order valence-corrected chi connectivity index (χ4v) is 3.35. The van der Waals surface area contributed by atoms with Gasteiger partial charge in [0.2, 0.25) is 0 Å². The third-order valence-corrected chi connectivity index (χ3v) is 4.37. The molecule has 2 aliphatic rings. The van der Waals surface area contributed by atoms with Gasteiger partial charge in [-0.15, -0.1) is 0 Å². The monoisotopic (exact) mass is 305 g/mol. The largest absolute Gasteiger partial charge is 0.328 e. The minimum Gasteiger partial charge on any atom is -0.271 e. The second kappa shape index (κ2) is 5.15. The highest BCUT2D eigenvalue weighted by atomic mass is 16.6. The molecule has 0 spiro atoms. The Morgan fingerprint density at radius 1 is 1.09 bits per heavy atom.